The second-order valence-corrected chi connectivity index (χ2v) is 4.75. The van der Waals surface area contributed by atoms with Crippen LogP contribution in [0.5, 0.6) is 0 Å². The van der Waals surface area contributed by atoms with E-state index >= 15 is 0 Å². The quantitative estimate of drug-likeness (QED) is 0.890. The summed E-state index contributed by atoms with van der Waals surface area (Å²) in [6, 6.07) is 9.37. The third kappa shape index (κ3) is 3.81. The summed E-state index contributed by atoms with van der Waals surface area (Å²) in [6.07, 6.45) is 0.813. The Morgan fingerprint density at radius 2 is 2.26 bits per heavy atom. The fraction of sp³-hybridized carbons (Fsp3) is 0.357. The molecule has 2 aromatic rings. The van der Waals surface area contributed by atoms with Crippen LogP contribution in [0.3, 0.4) is 0 Å². The van der Waals surface area contributed by atoms with Crippen LogP contribution in [-0.2, 0) is 13.0 Å². The third-order valence-electron chi connectivity index (χ3n) is 2.54. The number of anilines is 1. The zero-order valence-electron chi connectivity index (χ0n) is 11.1. The van der Waals surface area contributed by atoms with Crippen molar-refractivity contribution in [1.29, 1.82) is 5.26 Å². The average Bonchev–Trinajstić information content (AvgIpc) is 2.83. The van der Waals surface area contributed by atoms with Crippen molar-refractivity contribution in [2.45, 2.75) is 26.8 Å². The summed E-state index contributed by atoms with van der Waals surface area (Å²) in [7, 11) is 0. The smallest absolute Gasteiger partial charge is 0.245 e. The predicted octanol–water partition coefficient (Wildman–Crippen LogP) is 2.75. The molecule has 0 atom stereocenters. The van der Waals surface area contributed by atoms with Crippen LogP contribution in [-0.4, -0.2) is 10.1 Å². The van der Waals surface area contributed by atoms with Crippen molar-refractivity contribution >= 4 is 5.69 Å². The van der Waals surface area contributed by atoms with Crippen molar-refractivity contribution in [3.8, 4) is 6.07 Å². The molecule has 5 heteroatoms. The molecular formula is C14H16N4O. The molecule has 0 bridgehead atoms. The first-order chi connectivity index (χ1) is 9.17. The molecule has 0 saturated heterocycles. The number of hydrogen-bond acceptors (Lipinski definition) is 5. The van der Waals surface area contributed by atoms with Gasteiger partial charge in [0.25, 0.3) is 0 Å². The first-order valence-corrected chi connectivity index (χ1v) is 6.23. The minimum absolute atomic E-state index is 0.458. The van der Waals surface area contributed by atoms with E-state index in [2.05, 4.69) is 35.4 Å². The first-order valence-electron chi connectivity index (χ1n) is 6.23. The summed E-state index contributed by atoms with van der Waals surface area (Å²) in [4.78, 5) is 4.30. The number of hydrogen-bond donors (Lipinski definition) is 1. The van der Waals surface area contributed by atoms with Gasteiger partial charge in [0.1, 0.15) is 0 Å². The highest BCUT2D eigenvalue weighted by atomic mass is 16.5. The molecule has 0 aliphatic rings. The Balaban J connectivity index is 1.95. The van der Waals surface area contributed by atoms with Gasteiger partial charge in [0, 0.05) is 12.1 Å². The summed E-state index contributed by atoms with van der Waals surface area (Å²) in [5.74, 6) is 1.79. The van der Waals surface area contributed by atoms with Crippen molar-refractivity contribution in [2.24, 2.45) is 5.92 Å². The van der Waals surface area contributed by atoms with Crippen molar-refractivity contribution in [3.05, 3.63) is 41.5 Å². The number of nitrogens with zero attached hydrogens (tertiary/aromatic N) is 3. The van der Waals surface area contributed by atoms with Gasteiger partial charge < -0.3 is 9.84 Å². The minimum atomic E-state index is 0.458. The lowest BCUT2D eigenvalue weighted by atomic mass is 10.1. The van der Waals surface area contributed by atoms with Crippen LogP contribution >= 0.6 is 0 Å². The van der Waals surface area contributed by atoms with Crippen molar-refractivity contribution in [2.75, 3.05) is 5.32 Å². The van der Waals surface area contributed by atoms with E-state index in [1.807, 2.05) is 12.1 Å². The van der Waals surface area contributed by atoms with Gasteiger partial charge in [-0.25, -0.2) is 0 Å². The van der Waals surface area contributed by atoms with Crippen LogP contribution in [0.4, 0.5) is 5.69 Å². The van der Waals surface area contributed by atoms with Gasteiger partial charge >= 0.3 is 0 Å². The van der Waals surface area contributed by atoms with Gasteiger partial charge in [-0.2, -0.15) is 10.2 Å². The lowest BCUT2D eigenvalue weighted by Crippen LogP contribution is -2.01. The Kier molecular flexibility index (Phi) is 4.14. The van der Waals surface area contributed by atoms with Gasteiger partial charge in [-0.05, 0) is 24.1 Å². The Bertz CT molecular complexity index is 583. The number of benzene rings is 1. The second kappa shape index (κ2) is 6.01. The average molecular weight is 256 g/mol. The van der Waals surface area contributed by atoms with Crippen molar-refractivity contribution in [1.82, 2.24) is 10.1 Å². The molecule has 1 N–H and O–H groups in total. The molecule has 2 rings (SSSR count). The van der Waals surface area contributed by atoms with E-state index in [4.69, 9.17) is 9.78 Å². The molecule has 0 fully saturated rings. The molecule has 1 heterocycles. The number of rotatable bonds is 5. The lowest BCUT2D eigenvalue weighted by molar-refractivity contribution is 0.375. The third-order valence-corrected chi connectivity index (χ3v) is 2.54. The summed E-state index contributed by atoms with van der Waals surface area (Å²) < 4.78 is 5.16. The summed E-state index contributed by atoms with van der Waals surface area (Å²) >= 11 is 0. The van der Waals surface area contributed by atoms with Crippen LogP contribution in [0.2, 0.25) is 0 Å². The van der Waals surface area contributed by atoms with Gasteiger partial charge in [0.15, 0.2) is 5.82 Å². The zero-order valence-corrected chi connectivity index (χ0v) is 11.1. The van der Waals surface area contributed by atoms with Crippen molar-refractivity contribution < 1.29 is 4.52 Å². The van der Waals surface area contributed by atoms with E-state index in [1.165, 1.54) is 0 Å². The predicted molar refractivity (Wildman–Crippen MR) is 71.3 cm³/mol. The summed E-state index contributed by atoms with van der Waals surface area (Å²) in [6.45, 7) is 4.68. The van der Waals surface area contributed by atoms with Crippen LogP contribution in [0.25, 0.3) is 0 Å². The standard InChI is InChI=1S/C14H16N4O/c1-10(2)6-13-17-14(19-18-13)9-16-12-5-3-4-11(7-12)8-15/h3-5,7,10,16H,6,9H2,1-2H3. The Labute approximate surface area is 112 Å². The molecule has 1 aromatic heterocycles. The normalized spacial score (nSPS) is 10.4. The van der Waals surface area contributed by atoms with E-state index in [1.54, 1.807) is 12.1 Å². The molecule has 0 saturated carbocycles. The van der Waals surface area contributed by atoms with E-state index in [9.17, 15) is 0 Å². The molecule has 19 heavy (non-hydrogen) atoms. The van der Waals surface area contributed by atoms with Gasteiger partial charge in [-0.1, -0.05) is 25.1 Å². The largest absolute Gasteiger partial charge is 0.376 e. The maximum Gasteiger partial charge on any atom is 0.245 e. The van der Waals surface area contributed by atoms with Crippen LogP contribution < -0.4 is 5.32 Å². The van der Waals surface area contributed by atoms with Crippen LogP contribution in [0, 0.1) is 17.2 Å². The molecule has 0 aliphatic carbocycles. The highest BCUT2D eigenvalue weighted by Crippen LogP contribution is 2.11. The van der Waals surface area contributed by atoms with Gasteiger partial charge in [0.05, 0.1) is 18.2 Å². The molecule has 0 spiro atoms. The van der Waals surface area contributed by atoms with Crippen LogP contribution in [0.15, 0.2) is 28.8 Å². The second-order valence-electron chi connectivity index (χ2n) is 4.75. The maximum absolute atomic E-state index is 8.82. The van der Waals surface area contributed by atoms with Crippen molar-refractivity contribution in [3.63, 3.8) is 0 Å². The fourth-order valence-electron chi connectivity index (χ4n) is 1.69. The Morgan fingerprint density at radius 1 is 1.42 bits per heavy atom. The molecule has 1 aromatic carbocycles. The lowest BCUT2D eigenvalue weighted by Gasteiger charge is -2.02. The number of aromatic nitrogens is 2. The van der Waals surface area contributed by atoms with Gasteiger partial charge in [-0.15, -0.1) is 0 Å². The molecule has 0 amide bonds. The van der Waals surface area contributed by atoms with Gasteiger partial charge in [0.2, 0.25) is 5.89 Å². The summed E-state index contributed by atoms with van der Waals surface area (Å²) in [5.41, 5.74) is 1.48. The zero-order chi connectivity index (χ0) is 13.7. The first kappa shape index (κ1) is 13.1. The minimum Gasteiger partial charge on any atom is -0.376 e. The topological polar surface area (TPSA) is 74.7 Å². The molecule has 98 valence electrons. The highest BCUT2D eigenvalue weighted by molar-refractivity contribution is 5.48. The van der Waals surface area contributed by atoms with Gasteiger partial charge in [-0.3, -0.25) is 0 Å². The number of nitriles is 1. The van der Waals surface area contributed by atoms with E-state index in [-0.39, 0.29) is 0 Å². The summed E-state index contributed by atoms with van der Waals surface area (Å²) in [5, 5.41) is 15.9. The van der Waals surface area contributed by atoms with E-state index < -0.39 is 0 Å². The Morgan fingerprint density at radius 3 is 3.00 bits per heavy atom. The van der Waals surface area contributed by atoms with E-state index in [0.717, 1.165) is 17.9 Å². The molecule has 5 nitrogen and oxygen atoms in total. The monoisotopic (exact) mass is 256 g/mol. The number of nitrogens with one attached hydrogen (secondary N) is 1. The van der Waals surface area contributed by atoms with E-state index in [0.29, 0.717) is 23.9 Å². The van der Waals surface area contributed by atoms with Crippen LogP contribution in [0.1, 0.15) is 31.1 Å². The Hall–Kier alpha value is -2.35. The maximum atomic E-state index is 8.82. The molecule has 0 radical (unpaired) electrons. The molecule has 0 aliphatic heterocycles. The molecule has 0 unspecified atom stereocenters. The highest BCUT2D eigenvalue weighted by Gasteiger charge is 2.07. The molecular weight excluding hydrogens is 240 g/mol. The SMILES string of the molecule is CC(C)Cc1noc(CNc2cccc(C#N)c2)n1. The fourth-order valence-corrected chi connectivity index (χ4v) is 1.69.